The molecule has 184 valence electrons. The second-order valence-electron chi connectivity index (χ2n) is 8.89. The summed E-state index contributed by atoms with van der Waals surface area (Å²) in [5.41, 5.74) is 0.726. The van der Waals surface area contributed by atoms with Gasteiger partial charge in [-0.2, -0.15) is 15.0 Å². The van der Waals surface area contributed by atoms with Crippen LogP contribution in [0.5, 0.6) is 5.75 Å². The quantitative estimate of drug-likeness (QED) is 0.420. The van der Waals surface area contributed by atoms with E-state index >= 15 is 0 Å². The number of halogens is 1. The summed E-state index contributed by atoms with van der Waals surface area (Å²) < 4.78 is 45.6. The Bertz CT molecular complexity index is 1030. The minimum atomic E-state index is -3.61. The van der Waals surface area contributed by atoms with E-state index in [-0.39, 0.29) is 42.3 Å². The largest absolute Gasteiger partial charge is 0.488 e. The average Bonchev–Trinajstić information content (AvgIpc) is 2.66. The number of hydrogen-bond donors (Lipinski definition) is 3. The van der Waals surface area contributed by atoms with Crippen molar-refractivity contribution < 1.29 is 22.7 Å². The lowest BCUT2D eigenvalue weighted by atomic mass is 9.97. The van der Waals surface area contributed by atoms with Gasteiger partial charge in [0.15, 0.2) is 11.6 Å². The lowest BCUT2D eigenvalue weighted by Crippen LogP contribution is -2.27. The number of aliphatic hydroxyl groups is 1. The molecule has 1 heterocycles. The highest BCUT2D eigenvalue weighted by Gasteiger charge is 2.18. The van der Waals surface area contributed by atoms with E-state index in [2.05, 4.69) is 25.0 Å². The molecule has 0 saturated heterocycles. The summed E-state index contributed by atoms with van der Waals surface area (Å²) in [6.07, 6.45) is 1.85. The third-order valence-electron chi connectivity index (χ3n) is 4.64. The normalized spacial score (nSPS) is 13.8. The highest BCUT2D eigenvalue weighted by Crippen LogP contribution is 2.26. The minimum absolute atomic E-state index is 0.120. The van der Waals surface area contributed by atoms with Crippen LogP contribution >= 0.6 is 0 Å². The van der Waals surface area contributed by atoms with Crippen molar-refractivity contribution in [2.75, 3.05) is 22.9 Å². The fraction of sp³-hybridized carbons (Fsp3) is 0.591. The van der Waals surface area contributed by atoms with Crippen LogP contribution < -0.4 is 14.8 Å². The Morgan fingerprint density at radius 1 is 1.09 bits per heavy atom. The number of aliphatic hydroxyl groups excluding tert-OH is 1. The first kappa shape index (κ1) is 26.7. The second-order valence-corrected chi connectivity index (χ2v) is 10.6. The zero-order valence-corrected chi connectivity index (χ0v) is 20.8. The SMILES string of the molecule is CC(C)CC(CO)Nc1nc(CC(C)c2ccc(OC(C)C)c(F)c2)nc(NS(C)(=O)=O)n1. The Hall–Kier alpha value is -2.53. The maximum atomic E-state index is 14.4. The van der Waals surface area contributed by atoms with Crippen molar-refractivity contribution in [2.24, 2.45) is 5.92 Å². The van der Waals surface area contributed by atoms with Crippen LogP contribution in [0.15, 0.2) is 18.2 Å². The summed E-state index contributed by atoms with van der Waals surface area (Å²) in [6.45, 7) is 9.47. The number of anilines is 2. The monoisotopic (exact) mass is 483 g/mol. The molecule has 3 N–H and O–H groups in total. The molecular weight excluding hydrogens is 449 g/mol. The molecule has 0 saturated carbocycles. The molecule has 0 amide bonds. The molecule has 11 heteroatoms. The standard InChI is InChI=1S/C22H34FN5O4S/c1-13(2)9-17(12-29)24-21-25-20(26-22(27-21)28-33(6,30)31)10-15(5)16-7-8-19(18(23)11-16)32-14(3)4/h7-8,11,13-15,17,29H,9-10,12H2,1-6H3,(H2,24,25,26,27,28). The number of hydrogen-bond acceptors (Lipinski definition) is 8. The zero-order valence-electron chi connectivity index (χ0n) is 20.0. The van der Waals surface area contributed by atoms with E-state index in [1.807, 2.05) is 34.6 Å². The Balaban J connectivity index is 2.29. The lowest BCUT2D eigenvalue weighted by molar-refractivity contribution is 0.231. The summed E-state index contributed by atoms with van der Waals surface area (Å²) >= 11 is 0. The van der Waals surface area contributed by atoms with Crippen LogP contribution in [0.1, 0.15) is 58.3 Å². The molecule has 1 aromatic heterocycles. The molecule has 2 unspecified atom stereocenters. The predicted octanol–water partition coefficient (Wildman–Crippen LogP) is 3.33. The molecule has 0 bridgehead atoms. The highest BCUT2D eigenvalue weighted by molar-refractivity contribution is 7.91. The number of ether oxygens (including phenoxy) is 1. The van der Waals surface area contributed by atoms with E-state index in [1.54, 1.807) is 12.1 Å². The summed E-state index contributed by atoms with van der Waals surface area (Å²) in [5, 5.41) is 12.7. The van der Waals surface area contributed by atoms with Crippen LogP contribution in [0.4, 0.5) is 16.3 Å². The maximum Gasteiger partial charge on any atom is 0.241 e. The number of sulfonamides is 1. The Morgan fingerprint density at radius 2 is 1.76 bits per heavy atom. The first-order valence-electron chi connectivity index (χ1n) is 10.9. The molecule has 2 aromatic rings. The Kier molecular flexibility index (Phi) is 9.35. The van der Waals surface area contributed by atoms with Gasteiger partial charge in [0.25, 0.3) is 0 Å². The van der Waals surface area contributed by atoms with E-state index in [4.69, 9.17) is 4.74 Å². The Morgan fingerprint density at radius 3 is 2.30 bits per heavy atom. The number of aromatic nitrogens is 3. The van der Waals surface area contributed by atoms with E-state index in [1.165, 1.54) is 6.07 Å². The first-order valence-corrected chi connectivity index (χ1v) is 12.8. The molecule has 0 aliphatic carbocycles. The van der Waals surface area contributed by atoms with Crippen molar-refractivity contribution in [3.8, 4) is 5.75 Å². The van der Waals surface area contributed by atoms with Crippen LogP contribution in [0.25, 0.3) is 0 Å². The average molecular weight is 484 g/mol. The van der Waals surface area contributed by atoms with Gasteiger partial charge in [0, 0.05) is 6.42 Å². The number of nitrogens with zero attached hydrogens (tertiary/aromatic N) is 3. The third kappa shape index (κ3) is 9.09. The van der Waals surface area contributed by atoms with E-state index in [0.717, 1.165) is 11.8 Å². The number of rotatable bonds is 12. The third-order valence-corrected chi connectivity index (χ3v) is 5.20. The number of benzene rings is 1. The van der Waals surface area contributed by atoms with Crippen LogP contribution in [0, 0.1) is 11.7 Å². The summed E-state index contributed by atoms with van der Waals surface area (Å²) in [4.78, 5) is 12.8. The molecule has 2 rings (SSSR count). The van der Waals surface area contributed by atoms with E-state index < -0.39 is 15.8 Å². The Labute approximate surface area is 195 Å². The molecule has 0 radical (unpaired) electrons. The van der Waals surface area contributed by atoms with Gasteiger partial charge < -0.3 is 15.2 Å². The second kappa shape index (κ2) is 11.6. The smallest absolute Gasteiger partial charge is 0.241 e. The highest BCUT2D eigenvalue weighted by atomic mass is 32.2. The summed E-state index contributed by atoms with van der Waals surface area (Å²) in [5.74, 6) is 0.253. The molecular formula is C22H34FN5O4S. The van der Waals surface area contributed by atoms with Crippen LogP contribution in [0.2, 0.25) is 0 Å². The minimum Gasteiger partial charge on any atom is -0.488 e. The fourth-order valence-corrected chi connectivity index (χ4v) is 3.71. The molecule has 0 aliphatic rings. The first-order chi connectivity index (χ1) is 15.4. The van der Waals surface area contributed by atoms with Crippen molar-refractivity contribution in [3.63, 3.8) is 0 Å². The number of nitrogens with one attached hydrogen (secondary N) is 2. The predicted molar refractivity (Wildman–Crippen MR) is 127 cm³/mol. The van der Waals surface area contributed by atoms with E-state index in [0.29, 0.717) is 24.6 Å². The van der Waals surface area contributed by atoms with Gasteiger partial charge in [-0.25, -0.2) is 12.8 Å². The van der Waals surface area contributed by atoms with Crippen molar-refractivity contribution in [1.29, 1.82) is 0 Å². The van der Waals surface area contributed by atoms with Crippen molar-refractivity contribution in [2.45, 2.75) is 65.5 Å². The van der Waals surface area contributed by atoms with Crippen LogP contribution in [-0.4, -0.2) is 53.5 Å². The van der Waals surface area contributed by atoms with Crippen molar-refractivity contribution in [3.05, 3.63) is 35.4 Å². The molecule has 2 atom stereocenters. The molecule has 1 aromatic carbocycles. The summed E-state index contributed by atoms with van der Waals surface area (Å²) in [7, 11) is -3.61. The van der Waals surface area contributed by atoms with Gasteiger partial charge in [0.05, 0.1) is 25.0 Å². The van der Waals surface area contributed by atoms with Gasteiger partial charge in [-0.1, -0.05) is 26.8 Å². The fourth-order valence-electron chi connectivity index (χ4n) is 3.28. The van der Waals surface area contributed by atoms with Gasteiger partial charge in [-0.3, -0.25) is 4.72 Å². The van der Waals surface area contributed by atoms with Gasteiger partial charge in [-0.05, 0) is 49.8 Å². The topological polar surface area (TPSA) is 126 Å². The van der Waals surface area contributed by atoms with E-state index in [9.17, 15) is 17.9 Å². The molecule has 33 heavy (non-hydrogen) atoms. The maximum absolute atomic E-state index is 14.4. The molecule has 0 spiro atoms. The summed E-state index contributed by atoms with van der Waals surface area (Å²) in [6, 6.07) is 4.50. The van der Waals surface area contributed by atoms with Crippen LogP contribution in [-0.2, 0) is 16.4 Å². The van der Waals surface area contributed by atoms with Gasteiger partial charge in [-0.15, -0.1) is 0 Å². The zero-order chi connectivity index (χ0) is 24.8. The molecule has 0 aliphatic heterocycles. The van der Waals surface area contributed by atoms with Gasteiger partial charge in [0.1, 0.15) is 5.82 Å². The van der Waals surface area contributed by atoms with Crippen LogP contribution in [0.3, 0.4) is 0 Å². The van der Waals surface area contributed by atoms with Crippen molar-refractivity contribution >= 4 is 21.9 Å². The van der Waals surface area contributed by atoms with Gasteiger partial charge in [0.2, 0.25) is 21.9 Å². The van der Waals surface area contributed by atoms with Gasteiger partial charge >= 0.3 is 0 Å². The van der Waals surface area contributed by atoms with Crippen molar-refractivity contribution in [1.82, 2.24) is 15.0 Å². The lowest BCUT2D eigenvalue weighted by Gasteiger charge is -2.19. The molecule has 0 fully saturated rings. The molecule has 9 nitrogen and oxygen atoms in total.